The van der Waals surface area contributed by atoms with E-state index in [4.69, 9.17) is 15.2 Å². The third-order valence-electron chi connectivity index (χ3n) is 3.71. The summed E-state index contributed by atoms with van der Waals surface area (Å²) in [7, 11) is 0. The van der Waals surface area contributed by atoms with Gasteiger partial charge in [0.25, 0.3) is 0 Å². The fourth-order valence-electron chi connectivity index (χ4n) is 2.67. The number of aromatic hydroxyl groups is 1. The summed E-state index contributed by atoms with van der Waals surface area (Å²) < 4.78 is 52.1. The van der Waals surface area contributed by atoms with Gasteiger partial charge in [-0.2, -0.15) is 5.26 Å². The molecule has 7 nitrogen and oxygen atoms in total. The fraction of sp³-hybridized carbons (Fsp3) is 0.294. The Bertz CT molecular complexity index is 919. The molecule has 11 heteroatoms. The van der Waals surface area contributed by atoms with Gasteiger partial charge in [0, 0.05) is 5.56 Å². The number of halogens is 4. The fourth-order valence-corrected chi connectivity index (χ4v) is 3.29. The Morgan fingerprint density at radius 1 is 1.46 bits per heavy atom. The molecule has 0 bridgehead atoms. The van der Waals surface area contributed by atoms with Crippen LogP contribution in [-0.4, -0.2) is 24.0 Å². The molecule has 3 N–H and O–H groups in total. The van der Waals surface area contributed by atoms with Crippen molar-refractivity contribution in [2.24, 2.45) is 5.73 Å². The summed E-state index contributed by atoms with van der Waals surface area (Å²) in [5.74, 6) is -3.57. The third kappa shape index (κ3) is 4.44. The van der Waals surface area contributed by atoms with Gasteiger partial charge in [-0.1, -0.05) is 0 Å². The minimum absolute atomic E-state index is 0.00324. The van der Waals surface area contributed by atoms with E-state index in [9.17, 15) is 28.3 Å². The molecule has 1 aliphatic rings. The molecule has 0 amide bonds. The Morgan fingerprint density at radius 2 is 2.11 bits per heavy atom. The van der Waals surface area contributed by atoms with Gasteiger partial charge in [0.2, 0.25) is 5.88 Å². The highest BCUT2D eigenvalue weighted by Crippen LogP contribution is 2.45. The summed E-state index contributed by atoms with van der Waals surface area (Å²) in [5.41, 5.74) is 5.12. The van der Waals surface area contributed by atoms with Crippen molar-refractivity contribution in [2.45, 2.75) is 26.1 Å². The summed E-state index contributed by atoms with van der Waals surface area (Å²) in [6.07, 6.45) is -4.98. The number of ether oxygens (including phenoxy) is 3. The lowest BCUT2D eigenvalue weighted by atomic mass is 9.82. The van der Waals surface area contributed by atoms with Gasteiger partial charge in [-0.25, -0.2) is 4.79 Å². The van der Waals surface area contributed by atoms with Crippen LogP contribution in [-0.2, 0) is 14.3 Å². The maximum absolute atomic E-state index is 12.6. The Kier molecular flexibility index (Phi) is 6.33. The zero-order valence-electron chi connectivity index (χ0n) is 14.6. The summed E-state index contributed by atoms with van der Waals surface area (Å²) >= 11 is 1.60. The Balaban J connectivity index is 2.74. The van der Waals surface area contributed by atoms with Gasteiger partial charge < -0.3 is 25.1 Å². The number of nitrogens with zero attached hydrogens (tertiary/aromatic N) is 1. The third-order valence-corrected chi connectivity index (χ3v) is 4.53. The minimum atomic E-state index is -4.98. The lowest BCUT2D eigenvalue weighted by Gasteiger charge is -2.27. The zero-order chi connectivity index (χ0) is 21.2. The highest BCUT2D eigenvalue weighted by atomic mass is 127. The molecule has 1 aliphatic heterocycles. The highest BCUT2D eigenvalue weighted by molar-refractivity contribution is 14.1. The lowest BCUT2D eigenvalue weighted by molar-refractivity contribution is -0.274. The molecule has 0 aliphatic carbocycles. The first kappa shape index (κ1) is 21.7. The van der Waals surface area contributed by atoms with Crippen molar-refractivity contribution in [3.8, 4) is 17.6 Å². The Morgan fingerprint density at radius 3 is 2.64 bits per heavy atom. The van der Waals surface area contributed by atoms with Crippen molar-refractivity contribution in [1.82, 2.24) is 0 Å². The summed E-state index contributed by atoms with van der Waals surface area (Å²) in [6.45, 7) is 2.95. The van der Waals surface area contributed by atoms with Crippen LogP contribution in [0, 0.1) is 14.9 Å². The molecular weight excluding hydrogens is 496 g/mol. The molecule has 0 aromatic heterocycles. The second kappa shape index (κ2) is 8.17. The van der Waals surface area contributed by atoms with E-state index in [1.54, 1.807) is 35.6 Å². The number of hydrogen-bond acceptors (Lipinski definition) is 7. The summed E-state index contributed by atoms with van der Waals surface area (Å²) in [6, 6.07) is 3.63. The molecule has 28 heavy (non-hydrogen) atoms. The number of alkyl halides is 3. The van der Waals surface area contributed by atoms with Crippen LogP contribution in [0.15, 0.2) is 34.9 Å². The Hall–Kier alpha value is -2.62. The topological polar surface area (TPSA) is 115 Å². The molecule has 0 spiro atoms. The van der Waals surface area contributed by atoms with Gasteiger partial charge in [0.05, 0.1) is 21.7 Å². The number of esters is 1. The molecule has 2 rings (SSSR count). The van der Waals surface area contributed by atoms with Gasteiger partial charge in [-0.3, -0.25) is 0 Å². The van der Waals surface area contributed by atoms with Gasteiger partial charge >= 0.3 is 12.3 Å². The summed E-state index contributed by atoms with van der Waals surface area (Å²) in [4.78, 5) is 12.4. The first-order valence-electron chi connectivity index (χ1n) is 7.73. The quantitative estimate of drug-likeness (QED) is 0.471. The van der Waals surface area contributed by atoms with Crippen molar-refractivity contribution in [3.05, 3.63) is 44.1 Å². The maximum Gasteiger partial charge on any atom is 0.573 e. The van der Waals surface area contributed by atoms with Gasteiger partial charge in [0.15, 0.2) is 0 Å². The molecular formula is C17H14F3IN2O5. The van der Waals surface area contributed by atoms with Gasteiger partial charge in [0.1, 0.15) is 28.9 Å². The SMILES string of the molecule is CCOC(=O)C1=C(C)OC(N)=C(C#N)C1c1cc(OC(F)(F)F)cc(I)c1O. The predicted molar refractivity (Wildman–Crippen MR) is 97.5 cm³/mol. The molecule has 1 heterocycles. The van der Waals surface area contributed by atoms with E-state index in [1.165, 1.54) is 6.92 Å². The number of nitrogens with two attached hydrogens (primary N) is 1. The van der Waals surface area contributed by atoms with Crippen LogP contribution >= 0.6 is 22.6 Å². The standard InChI is InChI=1S/C17H14F3IN2O5/c1-3-26-16(25)12-7(2)27-15(23)10(6-22)13(12)9-4-8(28-17(18,19)20)5-11(21)14(9)24/h4-5,13,24H,3,23H2,1-2H3. The summed E-state index contributed by atoms with van der Waals surface area (Å²) in [5, 5.41) is 19.9. The van der Waals surface area contributed by atoms with Crippen molar-refractivity contribution in [1.29, 1.82) is 5.26 Å². The van der Waals surface area contributed by atoms with E-state index in [-0.39, 0.29) is 38.5 Å². The maximum atomic E-state index is 12.6. The normalized spacial score (nSPS) is 17.1. The van der Waals surface area contributed by atoms with Crippen LogP contribution in [0.1, 0.15) is 25.3 Å². The number of carbonyl (C=O) groups is 1. The van der Waals surface area contributed by atoms with Gasteiger partial charge in [-0.05, 0) is 48.6 Å². The van der Waals surface area contributed by atoms with Crippen LogP contribution in [0.4, 0.5) is 13.2 Å². The van der Waals surface area contributed by atoms with Crippen LogP contribution < -0.4 is 10.5 Å². The molecule has 1 aromatic rings. The van der Waals surface area contributed by atoms with E-state index in [0.717, 1.165) is 12.1 Å². The first-order valence-corrected chi connectivity index (χ1v) is 8.81. The van der Waals surface area contributed by atoms with Crippen molar-refractivity contribution < 1.29 is 37.3 Å². The van der Waals surface area contributed by atoms with Crippen molar-refractivity contribution >= 4 is 28.6 Å². The molecule has 1 aromatic carbocycles. The zero-order valence-corrected chi connectivity index (χ0v) is 16.7. The van der Waals surface area contributed by atoms with Crippen molar-refractivity contribution in [3.63, 3.8) is 0 Å². The van der Waals surface area contributed by atoms with E-state index >= 15 is 0 Å². The number of allylic oxidation sites excluding steroid dienone is 2. The number of phenols is 1. The molecule has 1 unspecified atom stereocenters. The lowest BCUT2D eigenvalue weighted by Crippen LogP contribution is -2.26. The van der Waals surface area contributed by atoms with Crippen LogP contribution in [0.5, 0.6) is 11.5 Å². The number of benzene rings is 1. The molecule has 0 saturated heterocycles. The van der Waals surface area contributed by atoms with Crippen LogP contribution in [0.25, 0.3) is 0 Å². The molecule has 0 radical (unpaired) electrons. The van der Waals surface area contributed by atoms with E-state index in [0.29, 0.717) is 0 Å². The smallest absolute Gasteiger partial charge is 0.507 e. The second-order valence-corrected chi connectivity index (χ2v) is 6.67. The van der Waals surface area contributed by atoms with E-state index < -0.39 is 29.7 Å². The monoisotopic (exact) mass is 510 g/mol. The average molecular weight is 510 g/mol. The average Bonchev–Trinajstić information content (AvgIpc) is 2.56. The van der Waals surface area contributed by atoms with E-state index in [1.807, 2.05) is 0 Å². The predicted octanol–water partition coefficient (Wildman–Crippen LogP) is 3.54. The number of nitriles is 1. The Labute approximate surface area is 171 Å². The van der Waals surface area contributed by atoms with Gasteiger partial charge in [-0.15, -0.1) is 13.2 Å². The number of hydrogen-bond donors (Lipinski definition) is 2. The second-order valence-electron chi connectivity index (χ2n) is 5.51. The number of rotatable bonds is 4. The molecule has 1 atom stereocenters. The largest absolute Gasteiger partial charge is 0.573 e. The van der Waals surface area contributed by atoms with Crippen molar-refractivity contribution in [2.75, 3.05) is 6.61 Å². The van der Waals surface area contributed by atoms with Crippen LogP contribution in [0.2, 0.25) is 0 Å². The molecule has 0 fully saturated rings. The number of phenolic OH excluding ortho intramolecular Hbond substituents is 1. The first-order chi connectivity index (χ1) is 13.0. The highest BCUT2D eigenvalue weighted by Gasteiger charge is 2.39. The van der Waals surface area contributed by atoms with E-state index in [2.05, 4.69) is 4.74 Å². The number of carbonyl (C=O) groups excluding carboxylic acids is 1. The molecule has 150 valence electrons. The molecule has 0 saturated carbocycles. The van der Waals surface area contributed by atoms with Crippen LogP contribution in [0.3, 0.4) is 0 Å². The minimum Gasteiger partial charge on any atom is -0.507 e.